The lowest BCUT2D eigenvalue weighted by Gasteiger charge is -2.30. The van der Waals surface area contributed by atoms with E-state index in [1.807, 2.05) is 35.2 Å². The van der Waals surface area contributed by atoms with E-state index in [1.54, 1.807) is 0 Å². The van der Waals surface area contributed by atoms with Crippen molar-refractivity contribution in [3.63, 3.8) is 0 Å². The van der Waals surface area contributed by atoms with Crippen molar-refractivity contribution in [2.75, 3.05) is 6.54 Å². The molecule has 0 spiro atoms. The fourth-order valence-electron chi connectivity index (χ4n) is 3.93. The summed E-state index contributed by atoms with van der Waals surface area (Å²) in [6.45, 7) is 6.37. The lowest BCUT2D eigenvalue weighted by Crippen LogP contribution is -2.46. The summed E-state index contributed by atoms with van der Waals surface area (Å²) in [6.07, 6.45) is 7.99. The van der Waals surface area contributed by atoms with Gasteiger partial charge in [-0.15, -0.1) is 0 Å². The monoisotopic (exact) mass is 401 g/mol. The standard InChI is InChI=1S/C23H32ClN3O/c1-18(2)15-27(23(28)25-20-10-4-3-5-11-20)17-21-12-8-14-26(21)16-19-9-6-7-13-22(19)24/h6-9,12-14,18,20H,3-5,10-11,15-17H2,1-2H3,(H,25,28). The van der Waals surface area contributed by atoms with Crippen LogP contribution >= 0.6 is 11.6 Å². The predicted octanol–water partition coefficient (Wildman–Crippen LogP) is 5.69. The van der Waals surface area contributed by atoms with Crippen LogP contribution < -0.4 is 5.32 Å². The summed E-state index contributed by atoms with van der Waals surface area (Å²) in [5, 5.41) is 4.05. The first-order valence-electron chi connectivity index (χ1n) is 10.5. The molecule has 1 N–H and O–H groups in total. The van der Waals surface area contributed by atoms with Crippen LogP contribution in [0.5, 0.6) is 0 Å². The average molecular weight is 402 g/mol. The van der Waals surface area contributed by atoms with Crippen molar-refractivity contribution in [3.8, 4) is 0 Å². The molecule has 1 aromatic heterocycles. The summed E-state index contributed by atoms with van der Waals surface area (Å²) in [4.78, 5) is 14.9. The van der Waals surface area contributed by atoms with Crippen molar-refractivity contribution in [2.24, 2.45) is 5.92 Å². The Kier molecular flexibility index (Phi) is 7.43. The molecule has 0 saturated heterocycles. The van der Waals surface area contributed by atoms with E-state index in [1.165, 1.54) is 19.3 Å². The SMILES string of the molecule is CC(C)CN(Cc1cccn1Cc1ccccc1Cl)C(=O)NC1CCCCC1. The van der Waals surface area contributed by atoms with Gasteiger partial charge >= 0.3 is 6.03 Å². The molecule has 2 amide bonds. The molecule has 1 aromatic carbocycles. The van der Waals surface area contributed by atoms with Crippen LogP contribution in [-0.4, -0.2) is 28.1 Å². The Morgan fingerprint density at radius 2 is 1.93 bits per heavy atom. The van der Waals surface area contributed by atoms with Crippen LogP contribution in [0.3, 0.4) is 0 Å². The molecule has 0 bridgehead atoms. The highest BCUT2D eigenvalue weighted by Gasteiger charge is 2.21. The Bertz CT molecular complexity index is 765. The van der Waals surface area contributed by atoms with Gasteiger partial charge in [0.15, 0.2) is 0 Å². The van der Waals surface area contributed by atoms with Gasteiger partial charge in [-0.05, 0) is 42.5 Å². The largest absolute Gasteiger partial charge is 0.345 e. The third-order valence-electron chi connectivity index (χ3n) is 5.38. The van der Waals surface area contributed by atoms with Crippen molar-refractivity contribution < 1.29 is 4.79 Å². The molecule has 0 unspecified atom stereocenters. The molecular weight excluding hydrogens is 370 g/mol. The van der Waals surface area contributed by atoms with Crippen molar-refractivity contribution in [1.82, 2.24) is 14.8 Å². The lowest BCUT2D eigenvalue weighted by molar-refractivity contribution is 0.179. The van der Waals surface area contributed by atoms with Gasteiger partial charge in [0.05, 0.1) is 6.54 Å². The second kappa shape index (κ2) is 10.0. The average Bonchev–Trinajstić information content (AvgIpc) is 3.10. The maximum Gasteiger partial charge on any atom is 0.317 e. The third-order valence-corrected chi connectivity index (χ3v) is 5.75. The van der Waals surface area contributed by atoms with E-state index in [0.29, 0.717) is 25.0 Å². The van der Waals surface area contributed by atoms with Crippen molar-refractivity contribution in [2.45, 2.75) is 65.1 Å². The van der Waals surface area contributed by atoms with Crippen LogP contribution in [0.15, 0.2) is 42.6 Å². The molecular formula is C23H32ClN3O. The Morgan fingerprint density at radius 3 is 2.64 bits per heavy atom. The van der Waals surface area contributed by atoms with Gasteiger partial charge < -0.3 is 14.8 Å². The third kappa shape index (κ3) is 5.78. The van der Waals surface area contributed by atoms with Gasteiger partial charge in [0, 0.05) is 36.0 Å². The van der Waals surface area contributed by atoms with Gasteiger partial charge in [0.1, 0.15) is 0 Å². The van der Waals surface area contributed by atoms with Crippen LogP contribution in [0.4, 0.5) is 4.79 Å². The minimum Gasteiger partial charge on any atom is -0.345 e. The van der Waals surface area contributed by atoms with E-state index in [-0.39, 0.29) is 6.03 Å². The molecule has 1 aliphatic rings. The van der Waals surface area contributed by atoms with E-state index < -0.39 is 0 Å². The topological polar surface area (TPSA) is 37.3 Å². The highest BCUT2D eigenvalue weighted by atomic mass is 35.5. The zero-order valence-corrected chi connectivity index (χ0v) is 17.8. The van der Waals surface area contributed by atoms with Gasteiger partial charge in [-0.2, -0.15) is 0 Å². The van der Waals surface area contributed by atoms with E-state index >= 15 is 0 Å². The van der Waals surface area contributed by atoms with Gasteiger partial charge in [0.2, 0.25) is 0 Å². The molecule has 28 heavy (non-hydrogen) atoms. The van der Waals surface area contributed by atoms with Crippen LogP contribution in [0.2, 0.25) is 5.02 Å². The van der Waals surface area contributed by atoms with Crippen LogP contribution in [0, 0.1) is 5.92 Å². The zero-order chi connectivity index (χ0) is 19.9. The first-order chi connectivity index (χ1) is 13.5. The molecule has 0 aliphatic heterocycles. The molecule has 5 heteroatoms. The summed E-state index contributed by atoms with van der Waals surface area (Å²) in [7, 11) is 0. The number of carbonyl (C=O) groups is 1. The Hall–Kier alpha value is -1.94. The summed E-state index contributed by atoms with van der Waals surface area (Å²) in [5.41, 5.74) is 2.21. The maximum atomic E-state index is 13.0. The van der Waals surface area contributed by atoms with E-state index in [4.69, 9.17) is 11.6 Å². The summed E-state index contributed by atoms with van der Waals surface area (Å²) in [6, 6.07) is 12.4. The minimum atomic E-state index is 0.0612. The number of halogens is 1. The van der Waals surface area contributed by atoms with Crippen molar-refractivity contribution in [1.29, 1.82) is 0 Å². The number of hydrogen-bond donors (Lipinski definition) is 1. The van der Waals surface area contributed by atoms with Crippen molar-refractivity contribution in [3.05, 3.63) is 58.9 Å². The molecule has 1 saturated carbocycles. The van der Waals surface area contributed by atoms with Crippen LogP contribution in [0.25, 0.3) is 0 Å². The number of amides is 2. The first-order valence-corrected chi connectivity index (χ1v) is 10.8. The fourth-order valence-corrected chi connectivity index (χ4v) is 4.12. The van der Waals surface area contributed by atoms with Crippen LogP contribution in [0.1, 0.15) is 57.2 Å². The smallest absolute Gasteiger partial charge is 0.317 e. The van der Waals surface area contributed by atoms with Gasteiger partial charge in [-0.1, -0.05) is 62.9 Å². The fraction of sp³-hybridized carbons (Fsp3) is 0.522. The van der Waals surface area contributed by atoms with Gasteiger partial charge in [-0.25, -0.2) is 4.79 Å². The predicted molar refractivity (Wildman–Crippen MR) is 116 cm³/mol. The number of urea groups is 1. The van der Waals surface area contributed by atoms with Crippen molar-refractivity contribution >= 4 is 17.6 Å². The van der Waals surface area contributed by atoms with Gasteiger partial charge in [-0.3, -0.25) is 0 Å². The molecule has 1 aliphatic carbocycles. The second-order valence-corrected chi connectivity index (χ2v) is 8.68. The number of nitrogens with one attached hydrogen (secondary N) is 1. The quantitative estimate of drug-likeness (QED) is 0.635. The normalized spacial score (nSPS) is 15.0. The lowest BCUT2D eigenvalue weighted by atomic mass is 9.96. The highest BCUT2D eigenvalue weighted by Crippen LogP contribution is 2.20. The number of benzene rings is 1. The maximum absolute atomic E-state index is 13.0. The Morgan fingerprint density at radius 1 is 1.18 bits per heavy atom. The summed E-state index contributed by atoms with van der Waals surface area (Å²) in [5.74, 6) is 0.420. The van der Waals surface area contributed by atoms with Crippen LogP contribution in [-0.2, 0) is 13.1 Å². The Balaban J connectivity index is 1.70. The molecule has 0 radical (unpaired) electrons. The first kappa shape index (κ1) is 20.8. The molecule has 1 fully saturated rings. The molecule has 1 heterocycles. The summed E-state index contributed by atoms with van der Waals surface area (Å²) < 4.78 is 2.18. The highest BCUT2D eigenvalue weighted by molar-refractivity contribution is 6.31. The summed E-state index contributed by atoms with van der Waals surface area (Å²) >= 11 is 6.34. The molecule has 3 rings (SSSR count). The number of carbonyl (C=O) groups excluding carboxylic acids is 1. The molecule has 2 aromatic rings. The van der Waals surface area contributed by atoms with E-state index in [2.05, 4.69) is 36.0 Å². The second-order valence-electron chi connectivity index (χ2n) is 8.28. The molecule has 152 valence electrons. The number of hydrogen-bond acceptors (Lipinski definition) is 1. The molecule has 0 atom stereocenters. The molecule has 4 nitrogen and oxygen atoms in total. The minimum absolute atomic E-state index is 0.0612. The van der Waals surface area contributed by atoms with E-state index in [0.717, 1.165) is 35.7 Å². The number of nitrogens with zero attached hydrogens (tertiary/aromatic N) is 2. The van der Waals surface area contributed by atoms with Gasteiger partial charge in [0.25, 0.3) is 0 Å². The number of aromatic nitrogens is 1. The van der Waals surface area contributed by atoms with E-state index in [9.17, 15) is 4.79 Å². The number of rotatable bonds is 7. The Labute approximate surface area is 173 Å². The zero-order valence-electron chi connectivity index (χ0n) is 17.0.